The molecule has 0 saturated carbocycles. The van der Waals surface area contributed by atoms with E-state index in [9.17, 15) is 0 Å². The summed E-state index contributed by atoms with van der Waals surface area (Å²) in [5, 5.41) is 6.66. The lowest BCUT2D eigenvalue weighted by atomic mass is 10.1. The monoisotopic (exact) mass is 305 g/mol. The van der Waals surface area contributed by atoms with Crippen LogP contribution in [0.15, 0.2) is 23.2 Å². The Bertz CT molecular complexity index is 475. The van der Waals surface area contributed by atoms with Crippen LogP contribution in [0.1, 0.15) is 37.5 Å². The third-order valence-electron chi connectivity index (χ3n) is 3.50. The lowest BCUT2D eigenvalue weighted by Gasteiger charge is -2.21. The van der Waals surface area contributed by atoms with E-state index in [1.54, 1.807) is 7.11 Å². The van der Waals surface area contributed by atoms with Gasteiger partial charge in [0, 0.05) is 20.2 Å². The van der Waals surface area contributed by atoms with Gasteiger partial charge in [-0.2, -0.15) is 0 Å². The van der Waals surface area contributed by atoms with Crippen LogP contribution in [0.5, 0.6) is 0 Å². The lowest BCUT2D eigenvalue weighted by Crippen LogP contribution is -2.40. The van der Waals surface area contributed by atoms with Gasteiger partial charge in [-0.3, -0.25) is 4.99 Å². The molecule has 0 heterocycles. The summed E-state index contributed by atoms with van der Waals surface area (Å²) >= 11 is 0. The standard InChI is InChI=1S/C18H31N3O/c1-7-19-17(21-13-18(4,5)22-6)20-9-8-16-11-14(2)10-15(3)12-16/h10-12H,7-9,13H2,1-6H3,(H2,19,20,21). The Morgan fingerprint density at radius 3 is 2.32 bits per heavy atom. The maximum absolute atomic E-state index is 5.40. The topological polar surface area (TPSA) is 45.7 Å². The van der Waals surface area contributed by atoms with E-state index in [4.69, 9.17) is 4.74 Å². The number of aliphatic imine (C=N–C) groups is 1. The van der Waals surface area contributed by atoms with Crippen LogP contribution < -0.4 is 10.6 Å². The molecule has 0 spiro atoms. The maximum Gasteiger partial charge on any atom is 0.191 e. The molecule has 0 aliphatic rings. The van der Waals surface area contributed by atoms with Crippen molar-refractivity contribution in [2.24, 2.45) is 4.99 Å². The predicted molar refractivity (Wildman–Crippen MR) is 94.7 cm³/mol. The van der Waals surface area contributed by atoms with E-state index >= 15 is 0 Å². The zero-order chi connectivity index (χ0) is 16.6. The molecule has 0 radical (unpaired) electrons. The number of nitrogens with zero attached hydrogens (tertiary/aromatic N) is 1. The number of aryl methyl sites for hydroxylation is 2. The molecule has 0 unspecified atom stereocenters. The Balaban J connectivity index is 2.55. The Labute approximate surface area is 135 Å². The molecule has 124 valence electrons. The van der Waals surface area contributed by atoms with Crippen LogP contribution in [0.25, 0.3) is 0 Å². The Morgan fingerprint density at radius 1 is 1.14 bits per heavy atom. The second-order valence-electron chi connectivity index (χ2n) is 6.33. The largest absolute Gasteiger partial charge is 0.377 e. The summed E-state index contributed by atoms with van der Waals surface area (Å²) in [4.78, 5) is 4.59. The predicted octanol–water partition coefficient (Wildman–Crippen LogP) is 2.83. The van der Waals surface area contributed by atoms with E-state index in [2.05, 4.69) is 54.6 Å². The highest BCUT2D eigenvalue weighted by molar-refractivity contribution is 5.79. The fourth-order valence-corrected chi connectivity index (χ4v) is 2.21. The molecule has 0 saturated heterocycles. The zero-order valence-corrected chi connectivity index (χ0v) is 14.9. The van der Waals surface area contributed by atoms with E-state index in [0.717, 1.165) is 25.5 Å². The summed E-state index contributed by atoms with van der Waals surface area (Å²) in [5.74, 6) is 0.844. The van der Waals surface area contributed by atoms with Crippen molar-refractivity contribution < 1.29 is 4.74 Å². The fourth-order valence-electron chi connectivity index (χ4n) is 2.21. The normalized spacial score (nSPS) is 12.4. The van der Waals surface area contributed by atoms with Crippen molar-refractivity contribution >= 4 is 5.96 Å². The minimum Gasteiger partial charge on any atom is -0.377 e. The van der Waals surface area contributed by atoms with Crippen molar-refractivity contribution in [3.05, 3.63) is 34.9 Å². The first-order valence-electron chi connectivity index (χ1n) is 8.01. The molecule has 4 heteroatoms. The van der Waals surface area contributed by atoms with Crippen molar-refractivity contribution in [3.63, 3.8) is 0 Å². The van der Waals surface area contributed by atoms with Crippen LogP contribution in [-0.2, 0) is 11.2 Å². The molecule has 1 aromatic rings. The number of hydrogen-bond donors (Lipinski definition) is 2. The molecule has 0 amide bonds. The van der Waals surface area contributed by atoms with Gasteiger partial charge in [0.25, 0.3) is 0 Å². The summed E-state index contributed by atoms with van der Waals surface area (Å²) in [6, 6.07) is 6.69. The highest BCUT2D eigenvalue weighted by Gasteiger charge is 2.15. The van der Waals surface area contributed by atoms with Crippen LogP contribution >= 0.6 is 0 Å². The summed E-state index contributed by atoms with van der Waals surface area (Å²) in [5.41, 5.74) is 3.75. The van der Waals surface area contributed by atoms with Gasteiger partial charge in [0.1, 0.15) is 0 Å². The number of hydrogen-bond acceptors (Lipinski definition) is 2. The minimum absolute atomic E-state index is 0.240. The van der Waals surface area contributed by atoms with Crippen LogP contribution in [-0.4, -0.2) is 38.3 Å². The SMILES string of the molecule is CCNC(=NCC(C)(C)OC)NCCc1cc(C)cc(C)c1. The molecule has 0 aromatic heterocycles. The highest BCUT2D eigenvalue weighted by Crippen LogP contribution is 2.09. The number of methoxy groups -OCH3 is 1. The quantitative estimate of drug-likeness (QED) is 0.601. The van der Waals surface area contributed by atoms with Gasteiger partial charge in [-0.1, -0.05) is 29.3 Å². The second-order valence-corrected chi connectivity index (χ2v) is 6.33. The van der Waals surface area contributed by atoms with Gasteiger partial charge in [-0.25, -0.2) is 0 Å². The molecule has 1 rings (SSSR count). The molecule has 2 N–H and O–H groups in total. The highest BCUT2D eigenvalue weighted by atomic mass is 16.5. The second kappa shape index (κ2) is 8.79. The Hall–Kier alpha value is -1.55. The van der Waals surface area contributed by atoms with Crippen LogP contribution in [0.4, 0.5) is 0 Å². The van der Waals surface area contributed by atoms with Crippen molar-refractivity contribution in [3.8, 4) is 0 Å². The number of benzene rings is 1. The van der Waals surface area contributed by atoms with Gasteiger partial charge in [0.05, 0.1) is 12.1 Å². The number of nitrogens with one attached hydrogen (secondary N) is 2. The third-order valence-corrected chi connectivity index (χ3v) is 3.50. The summed E-state index contributed by atoms with van der Waals surface area (Å²) in [6.45, 7) is 12.8. The number of rotatable bonds is 7. The van der Waals surface area contributed by atoms with Gasteiger partial charge in [-0.05, 0) is 46.6 Å². The van der Waals surface area contributed by atoms with E-state index < -0.39 is 0 Å². The van der Waals surface area contributed by atoms with Crippen molar-refractivity contribution in [1.82, 2.24) is 10.6 Å². The molecule has 0 atom stereocenters. The Morgan fingerprint density at radius 2 is 1.77 bits per heavy atom. The fraction of sp³-hybridized carbons (Fsp3) is 0.611. The first kappa shape index (κ1) is 18.5. The van der Waals surface area contributed by atoms with Crippen LogP contribution in [0, 0.1) is 13.8 Å². The van der Waals surface area contributed by atoms with Gasteiger partial charge >= 0.3 is 0 Å². The molecule has 0 bridgehead atoms. The molecular weight excluding hydrogens is 274 g/mol. The molecule has 22 heavy (non-hydrogen) atoms. The first-order valence-corrected chi connectivity index (χ1v) is 8.01. The van der Waals surface area contributed by atoms with Crippen molar-refractivity contribution in [2.45, 2.75) is 46.6 Å². The van der Waals surface area contributed by atoms with Gasteiger partial charge in [-0.15, -0.1) is 0 Å². The van der Waals surface area contributed by atoms with E-state index in [1.165, 1.54) is 16.7 Å². The first-order chi connectivity index (χ1) is 10.4. The molecule has 0 aliphatic heterocycles. The molecule has 0 fully saturated rings. The third kappa shape index (κ3) is 6.94. The van der Waals surface area contributed by atoms with Crippen LogP contribution in [0.3, 0.4) is 0 Å². The van der Waals surface area contributed by atoms with Crippen molar-refractivity contribution in [2.75, 3.05) is 26.7 Å². The van der Waals surface area contributed by atoms with Gasteiger partial charge in [0.2, 0.25) is 0 Å². The smallest absolute Gasteiger partial charge is 0.191 e. The molecule has 4 nitrogen and oxygen atoms in total. The molecule has 0 aliphatic carbocycles. The maximum atomic E-state index is 5.40. The van der Waals surface area contributed by atoms with E-state index in [-0.39, 0.29) is 5.60 Å². The molecular formula is C18H31N3O. The summed E-state index contributed by atoms with van der Waals surface area (Å²) in [7, 11) is 1.72. The Kier molecular flexibility index (Phi) is 7.39. The van der Waals surface area contributed by atoms with E-state index in [1.807, 2.05) is 13.8 Å². The van der Waals surface area contributed by atoms with E-state index in [0.29, 0.717) is 6.54 Å². The summed E-state index contributed by atoms with van der Waals surface area (Å²) in [6.07, 6.45) is 0.987. The number of ether oxygens (including phenoxy) is 1. The van der Waals surface area contributed by atoms with Crippen LogP contribution in [0.2, 0.25) is 0 Å². The molecule has 1 aromatic carbocycles. The van der Waals surface area contributed by atoms with Gasteiger partial charge in [0.15, 0.2) is 5.96 Å². The summed E-state index contributed by atoms with van der Waals surface area (Å²) < 4.78 is 5.40. The lowest BCUT2D eigenvalue weighted by molar-refractivity contribution is 0.0310. The average Bonchev–Trinajstić information content (AvgIpc) is 2.44. The zero-order valence-electron chi connectivity index (χ0n) is 14.9. The average molecular weight is 305 g/mol. The number of guanidine groups is 1. The van der Waals surface area contributed by atoms with Crippen molar-refractivity contribution in [1.29, 1.82) is 0 Å². The van der Waals surface area contributed by atoms with Gasteiger partial charge < -0.3 is 15.4 Å². The minimum atomic E-state index is -0.240.